The number of rotatable bonds is 4. The molecule has 2 heterocycles. The fourth-order valence-electron chi connectivity index (χ4n) is 2.58. The summed E-state index contributed by atoms with van der Waals surface area (Å²) in [6.45, 7) is 1.08. The number of hydrogen-bond donors (Lipinski definition) is 3. The predicted molar refractivity (Wildman–Crippen MR) is 102 cm³/mol. The van der Waals surface area contributed by atoms with E-state index in [1.54, 1.807) is 48.1 Å². The van der Waals surface area contributed by atoms with Crippen LogP contribution in [0.3, 0.4) is 0 Å². The van der Waals surface area contributed by atoms with Gasteiger partial charge in [0.1, 0.15) is 16.6 Å². The average molecular weight is 394 g/mol. The van der Waals surface area contributed by atoms with Gasteiger partial charge in [0, 0.05) is 30.3 Å². The Morgan fingerprint density at radius 2 is 1.96 bits per heavy atom. The number of carbonyl (C=O) groups excluding carboxylic acids is 1. The Bertz CT molecular complexity index is 982. The van der Waals surface area contributed by atoms with Crippen LogP contribution in [0.5, 0.6) is 0 Å². The molecule has 1 atom stereocenters. The van der Waals surface area contributed by atoms with Gasteiger partial charge in [0.2, 0.25) is 0 Å². The summed E-state index contributed by atoms with van der Waals surface area (Å²) in [6, 6.07) is 8.03. The molecule has 136 valence electrons. The van der Waals surface area contributed by atoms with Crippen LogP contribution < -0.4 is 5.32 Å². The van der Waals surface area contributed by atoms with Crippen molar-refractivity contribution in [2.24, 2.45) is 7.05 Å². The van der Waals surface area contributed by atoms with E-state index in [9.17, 15) is 15.0 Å². The maximum absolute atomic E-state index is 12.4. The van der Waals surface area contributed by atoms with Gasteiger partial charge in [-0.2, -0.15) is 0 Å². The minimum absolute atomic E-state index is 0.349. The molecule has 0 saturated heterocycles. The van der Waals surface area contributed by atoms with Crippen molar-refractivity contribution in [3.8, 4) is 0 Å². The van der Waals surface area contributed by atoms with Crippen molar-refractivity contribution in [2.75, 3.05) is 11.9 Å². The molecule has 0 spiro atoms. The topological polar surface area (TPSA) is 87.4 Å². The smallest absolute Gasteiger partial charge is 0.256 e. The number of halogens is 2. The Kier molecular flexibility index (Phi) is 4.94. The van der Waals surface area contributed by atoms with E-state index in [1.165, 1.54) is 6.92 Å². The van der Waals surface area contributed by atoms with Gasteiger partial charge >= 0.3 is 0 Å². The van der Waals surface area contributed by atoms with Crippen LogP contribution in [-0.2, 0) is 12.6 Å². The lowest BCUT2D eigenvalue weighted by molar-refractivity contribution is -0.00229. The third kappa shape index (κ3) is 3.29. The Morgan fingerprint density at radius 3 is 2.58 bits per heavy atom. The molecule has 3 rings (SSSR count). The number of nitrogens with zero attached hydrogens (tertiary/aromatic N) is 2. The van der Waals surface area contributed by atoms with E-state index in [0.717, 1.165) is 5.52 Å². The van der Waals surface area contributed by atoms with Crippen LogP contribution >= 0.6 is 23.2 Å². The van der Waals surface area contributed by atoms with Gasteiger partial charge in [-0.15, -0.1) is 0 Å². The fraction of sp³-hybridized carbons (Fsp3) is 0.222. The fourth-order valence-corrected chi connectivity index (χ4v) is 3.05. The molecule has 0 fully saturated rings. The Labute approximate surface area is 160 Å². The van der Waals surface area contributed by atoms with Gasteiger partial charge in [-0.1, -0.05) is 35.3 Å². The van der Waals surface area contributed by atoms with Crippen molar-refractivity contribution in [1.82, 2.24) is 9.55 Å². The van der Waals surface area contributed by atoms with Crippen molar-refractivity contribution in [3.05, 3.63) is 57.8 Å². The first kappa shape index (κ1) is 18.7. The molecule has 0 aliphatic rings. The average Bonchev–Trinajstić information content (AvgIpc) is 2.86. The van der Waals surface area contributed by atoms with Gasteiger partial charge in [0.05, 0.1) is 17.1 Å². The number of hydrogen-bond acceptors (Lipinski definition) is 4. The van der Waals surface area contributed by atoms with Crippen LogP contribution in [0.4, 0.5) is 5.82 Å². The van der Waals surface area contributed by atoms with E-state index in [4.69, 9.17) is 23.2 Å². The van der Waals surface area contributed by atoms with Crippen molar-refractivity contribution in [2.45, 2.75) is 12.5 Å². The number of pyridine rings is 1. The van der Waals surface area contributed by atoms with E-state index in [1.807, 2.05) is 0 Å². The predicted octanol–water partition coefficient (Wildman–Crippen LogP) is 3.33. The summed E-state index contributed by atoms with van der Waals surface area (Å²) in [5.41, 5.74) is 0.309. The maximum atomic E-state index is 12.4. The van der Waals surface area contributed by atoms with E-state index in [0.29, 0.717) is 32.5 Å². The van der Waals surface area contributed by atoms with Crippen LogP contribution in [0.1, 0.15) is 22.8 Å². The van der Waals surface area contributed by atoms with Crippen LogP contribution in [0, 0.1) is 0 Å². The number of fused-ring (bicyclic) bond motifs is 1. The van der Waals surface area contributed by atoms with Crippen LogP contribution in [0.15, 0.2) is 36.5 Å². The van der Waals surface area contributed by atoms with Crippen molar-refractivity contribution >= 4 is 45.8 Å². The first-order chi connectivity index (χ1) is 12.2. The molecular weight excluding hydrogens is 377 g/mol. The quantitative estimate of drug-likeness (QED) is 0.634. The minimum Gasteiger partial charge on any atom is -0.393 e. The highest BCUT2D eigenvalue weighted by molar-refractivity contribution is 6.45. The zero-order valence-electron chi connectivity index (χ0n) is 14.1. The number of anilines is 1. The normalized spacial score (nSPS) is 13.6. The van der Waals surface area contributed by atoms with Crippen LogP contribution in [0.25, 0.3) is 10.9 Å². The number of nitrogens with one attached hydrogen (secondary N) is 1. The second-order valence-corrected chi connectivity index (χ2v) is 6.95. The van der Waals surface area contributed by atoms with Gasteiger partial charge in [0.15, 0.2) is 0 Å². The highest BCUT2D eigenvalue weighted by atomic mass is 35.5. The minimum atomic E-state index is -1.35. The molecule has 0 saturated carbocycles. The number of benzene rings is 1. The zero-order valence-corrected chi connectivity index (χ0v) is 15.6. The Balaban J connectivity index is 1.84. The van der Waals surface area contributed by atoms with E-state index in [2.05, 4.69) is 10.3 Å². The molecule has 0 aliphatic heterocycles. The van der Waals surface area contributed by atoms with Gasteiger partial charge in [-0.25, -0.2) is 4.98 Å². The highest BCUT2D eigenvalue weighted by Gasteiger charge is 2.22. The molecule has 3 N–H and O–H groups in total. The Hall–Kier alpha value is -2.12. The van der Waals surface area contributed by atoms with Gasteiger partial charge in [-0.3, -0.25) is 4.79 Å². The Morgan fingerprint density at radius 1 is 1.31 bits per heavy atom. The number of aliphatic hydroxyl groups is 2. The van der Waals surface area contributed by atoms with Crippen LogP contribution in [0.2, 0.25) is 10.2 Å². The summed E-state index contributed by atoms with van der Waals surface area (Å²) in [6.07, 6.45) is 1.56. The third-order valence-corrected chi connectivity index (χ3v) is 5.20. The molecule has 8 heteroatoms. The van der Waals surface area contributed by atoms with Gasteiger partial charge in [0.25, 0.3) is 5.91 Å². The number of aliphatic hydroxyl groups excluding tert-OH is 1. The maximum Gasteiger partial charge on any atom is 0.256 e. The molecule has 3 aromatic rings. The monoisotopic (exact) mass is 393 g/mol. The van der Waals surface area contributed by atoms with Gasteiger partial charge < -0.3 is 20.1 Å². The molecular formula is C18H17Cl2N3O3. The first-order valence-electron chi connectivity index (χ1n) is 7.79. The molecule has 0 radical (unpaired) electrons. The molecule has 1 amide bonds. The number of aryl methyl sites for hydroxylation is 1. The first-order valence-corrected chi connectivity index (χ1v) is 8.55. The largest absolute Gasteiger partial charge is 0.393 e. The summed E-state index contributed by atoms with van der Waals surface area (Å²) < 4.78 is 1.71. The summed E-state index contributed by atoms with van der Waals surface area (Å²) in [5.74, 6) is 0.0151. The SMILES string of the molecule is Cn1c(Cl)c(Cl)c2cnc(NC(=O)c3ccc(C(C)(O)CO)cc3)cc21. The second kappa shape index (κ2) is 6.89. The van der Waals surface area contributed by atoms with Crippen LogP contribution in [-0.4, -0.2) is 32.3 Å². The lowest BCUT2D eigenvalue weighted by Crippen LogP contribution is -2.25. The molecule has 2 aromatic heterocycles. The summed E-state index contributed by atoms with van der Waals surface area (Å²) in [7, 11) is 1.77. The van der Waals surface area contributed by atoms with E-state index < -0.39 is 12.2 Å². The number of aromatic nitrogens is 2. The van der Waals surface area contributed by atoms with Gasteiger partial charge in [-0.05, 0) is 24.6 Å². The highest BCUT2D eigenvalue weighted by Crippen LogP contribution is 2.33. The second-order valence-electron chi connectivity index (χ2n) is 6.21. The molecule has 6 nitrogen and oxygen atoms in total. The number of amides is 1. The lowest BCUT2D eigenvalue weighted by Gasteiger charge is -2.20. The molecule has 26 heavy (non-hydrogen) atoms. The molecule has 0 aliphatic carbocycles. The summed E-state index contributed by atoms with van der Waals surface area (Å²) in [4.78, 5) is 16.6. The molecule has 1 aromatic carbocycles. The molecule has 0 bridgehead atoms. The summed E-state index contributed by atoms with van der Waals surface area (Å²) in [5, 5.41) is 23.5. The van der Waals surface area contributed by atoms with E-state index >= 15 is 0 Å². The molecule has 1 unspecified atom stereocenters. The zero-order chi connectivity index (χ0) is 19.1. The van der Waals surface area contributed by atoms with Crippen molar-refractivity contribution < 1.29 is 15.0 Å². The lowest BCUT2D eigenvalue weighted by atomic mass is 9.96. The third-order valence-electron chi connectivity index (χ3n) is 4.27. The standard InChI is InChI=1S/C18H17Cl2N3O3/c1-18(26,9-24)11-5-3-10(4-6-11)17(25)22-14-7-13-12(8-21-14)15(19)16(20)23(13)2/h3-8,24,26H,9H2,1-2H3,(H,21,22,25). The number of carbonyl (C=O) groups is 1. The van der Waals surface area contributed by atoms with Crippen molar-refractivity contribution in [1.29, 1.82) is 0 Å². The van der Waals surface area contributed by atoms with Crippen molar-refractivity contribution in [3.63, 3.8) is 0 Å². The van der Waals surface area contributed by atoms with E-state index in [-0.39, 0.29) is 5.91 Å². The summed E-state index contributed by atoms with van der Waals surface area (Å²) >= 11 is 12.3.